The second-order valence-electron chi connectivity index (χ2n) is 4.41. The van der Waals surface area contributed by atoms with Crippen LogP contribution in [0.15, 0.2) is 18.2 Å². The Morgan fingerprint density at radius 1 is 1.35 bits per heavy atom. The largest absolute Gasteiger partial charge is 0.497 e. The van der Waals surface area contributed by atoms with Crippen LogP contribution in [0.4, 0.5) is 4.39 Å². The fraction of sp³-hybridized carbons (Fsp3) is 0.538. The molecule has 2 N–H and O–H groups in total. The van der Waals surface area contributed by atoms with Crippen LogP contribution in [0.25, 0.3) is 0 Å². The fourth-order valence-corrected chi connectivity index (χ4v) is 2.18. The first kappa shape index (κ1) is 12.2. The zero-order valence-corrected chi connectivity index (χ0v) is 10.2. The predicted molar refractivity (Wildman–Crippen MR) is 64.1 cm³/mol. The molecule has 1 aliphatic rings. The summed E-state index contributed by atoms with van der Waals surface area (Å²) in [6.45, 7) is -0.0266. The van der Waals surface area contributed by atoms with Gasteiger partial charge in [0.05, 0.1) is 14.2 Å². The Labute approximate surface area is 101 Å². The summed E-state index contributed by atoms with van der Waals surface area (Å²) in [6.07, 6.45) is 1.77. The molecule has 1 atom stereocenters. The van der Waals surface area contributed by atoms with Crippen molar-refractivity contribution < 1.29 is 13.9 Å². The maximum Gasteiger partial charge on any atom is 0.154 e. The molecule has 1 unspecified atom stereocenters. The standard InChI is InChI=1S/C13H18FNO2/c1-16-10-5-6-12(17-2)11(7-10)13(14,8-15)9-3-4-9/h5-7,9H,3-4,8,15H2,1-2H3. The number of rotatable bonds is 5. The predicted octanol–water partition coefficient (Wildman–Crippen LogP) is 2.24. The molecule has 0 aromatic heterocycles. The van der Waals surface area contributed by atoms with Crippen LogP contribution in [-0.4, -0.2) is 20.8 Å². The topological polar surface area (TPSA) is 44.5 Å². The van der Waals surface area contributed by atoms with Gasteiger partial charge in [-0.3, -0.25) is 0 Å². The van der Waals surface area contributed by atoms with Crippen LogP contribution < -0.4 is 15.2 Å². The van der Waals surface area contributed by atoms with Crippen molar-refractivity contribution in [3.8, 4) is 11.5 Å². The Balaban J connectivity index is 2.46. The van der Waals surface area contributed by atoms with Gasteiger partial charge in [0.15, 0.2) is 5.67 Å². The van der Waals surface area contributed by atoms with Gasteiger partial charge in [0.2, 0.25) is 0 Å². The van der Waals surface area contributed by atoms with Gasteiger partial charge in [0.25, 0.3) is 0 Å². The van der Waals surface area contributed by atoms with Gasteiger partial charge < -0.3 is 15.2 Å². The molecule has 1 saturated carbocycles. The molecule has 0 saturated heterocycles. The Morgan fingerprint density at radius 2 is 2.06 bits per heavy atom. The summed E-state index contributed by atoms with van der Waals surface area (Å²) in [5.41, 5.74) is 4.63. The quantitative estimate of drug-likeness (QED) is 0.857. The minimum Gasteiger partial charge on any atom is -0.497 e. The van der Waals surface area contributed by atoms with Crippen LogP contribution in [0.5, 0.6) is 11.5 Å². The second-order valence-corrected chi connectivity index (χ2v) is 4.41. The number of ether oxygens (including phenoxy) is 2. The van der Waals surface area contributed by atoms with Crippen molar-refractivity contribution in [3.63, 3.8) is 0 Å². The van der Waals surface area contributed by atoms with Crippen LogP contribution in [0.3, 0.4) is 0 Å². The highest BCUT2D eigenvalue weighted by Crippen LogP contribution is 2.50. The SMILES string of the molecule is COc1ccc(OC)c(C(F)(CN)C2CC2)c1. The summed E-state index contributed by atoms with van der Waals surface area (Å²) in [6, 6.07) is 5.16. The van der Waals surface area contributed by atoms with Gasteiger partial charge >= 0.3 is 0 Å². The van der Waals surface area contributed by atoms with E-state index in [-0.39, 0.29) is 12.5 Å². The lowest BCUT2D eigenvalue weighted by atomic mass is 9.89. The first-order valence-corrected chi connectivity index (χ1v) is 5.77. The third-order valence-corrected chi connectivity index (χ3v) is 3.38. The zero-order chi connectivity index (χ0) is 12.5. The molecule has 0 bridgehead atoms. The molecule has 3 nitrogen and oxygen atoms in total. The third kappa shape index (κ3) is 2.09. The normalized spacial score (nSPS) is 18.6. The van der Waals surface area contributed by atoms with Crippen molar-refractivity contribution in [1.82, 2.24) is 0 Å². The lowest BCUT2D eigenvalue weighted by molar-refractivity contribution is 0.138. The molecule has 0 amide bonds. The summed E-state index contributed by atoms with van der Waals surface area (Å²) in [7, 11) is 3.10. The van der Waals surface area contributed by atoms with E-state index in [9.17, 15) is 4.39 Å². The number of halogens is 1. The molecule has 0 heterocycles. The van der Waals surface area contributed by atoms with Gasteiger partial charge in [-0.25, -0.2) is 4.39 Å². The van der Waals surface area contributed by atoms with E-state index in [0.29, 0.717) is 17.1 Å². The summed E-state index contributed by atoms with van der Waals surface area (Å²) in [5.74, 6) is 1.16. The summed E-state index contributed by atoms with van der Waals surface area (Å²) in [4.78, 5) is 0. The molecule has 0 aliphatic heterocycles. The molecule has 4 heteroatoms. The van der Waals surface area contributed by atoms with Gasteiger partial charge in [-0.05, 0) is 37.0 Å². The average molecular weight is 239 g/mol. The number of methoxy groups -OCH3 is 2. The van der Waals surface area contributed by atoms with Crippen molar-refractivity contribution in [3.05, 3.63) is 23.8 Å². The van der Waals surface area contributed by atoms with E-state index >= 15 is 0 Å². The molecule has 1 aromatic rings. The summed E-state index contributed by atoms with van der Waals surface area (Å²) < 4.78 is 25.3. The van der Waals surface area contributed by atoms with Gasteiger partial charge in [-0.15, -0.1) is 0 Å². The highest BCUT2D eigenvalue weighted by atomic mass is 19.1. The molecule has 0 radical (unpaired) electrons. The van der Waals surface area contributed by atoms with E-state index in [4.69, 9.17) is 15.2 Å². The molecule has 2 rings (SSSR count). The summed E-state index contributed by atoms with van der Waals surface area (Å²) in [5, 5.41) is 0. The van der Waals surface area contributed by atoms with Crippen LogP contribution in [-0.2, 0) is 5.67 Å². The van der Waals surface area contributed by atoms with Gasteiger partial charge in [0, 0.05) is 12.1 Å². The van der Waals surface area contributed by atoms with Crippen LogP contribution in [0, 0.1) is 5.92 Å². The van der Waals surface area contributed by atoms with Crippen molar-refractivity contribution in [2.24, 2.45) is 11.7 Å². The van der Waals surface area contributed by atoms with E-state index in [1.807, 2.05) is 0 Å². The zero-order valence-electron chi connectivity index (χ0n) is 10.2. The molecular weight excluding hydrogens is 221 g/mol. The second kappa shape index (κ2) is 4.53. The highest BCUT2D eigenvalue weighted by Gasteiger charge is 2.47. The molecule has 0 spiro atoms. The van der Waals surface area contributed by atoms with Crippen molar-refractivity contribution in [1.29, 1.82) is 0 Å². The summed E-state index contributed by atoms with van der Waals surface area (Å²) >= 11 is 0. The van der Waals surface area contributed by atoms with Crippen molar-refractivity contribution >= 4 is 0 Å². The first-order chi connectivity index (χ1) is 8.15. The molecule has 1 aromatic carbocycles. The fourth-order valence-electron chi connectivity index (χ4n) is 2.18. The van der Waals surface area contributed by atoms with Crippen LogP contribution in [0.1, 0.15) is 18.4 Å². The lowest BCUT2D eigenvalue weighted by Gasteiger charge is -2.26. The number of nitrogens with two attached hydrogens (primary N) is 1. The maximum absolute atomic E-state index is 14.9. The minimum atomic E-state index is -1.50. The highest BCUT2D eigenvalue weighted by molar-refractivity contribution is 5.45. The Bertz CT molecular complexity index is 406. The number of alkyl halides is 1. The number of benzene rings is 1. The van der Waals surface area contributed by atoms with E-state index in [0.717, 1.165) is 12.8 Å². The van der Waals surface area contributed by atoms with E-state index in [2.05, 4.69) is 0 Å². The van der Waals surface area contributed by atoms with E-state index in [1.165, 1.54) is 7.11 Å². The number of hydrogen-bond donors (Lipinski definition) is 1. The smallest absolute Gasteiger partial charge is 0.154 e. The monoisotopic (exact) mass is 239 g/mol. The van der Waals surface area contributed by atoms with E-state index in [1.54, 1.807) is 25.3 Å². The van der Waals surface area contributed by atoms with Crippen LogP contribution in [0.2, 0.25) is 0 Å². The Hall–Kier alpha value is -1.29. The van der Waals surface area contributed by atoms with Gasteiger partial charge in [0.1, 0.15) is 11.5 Å². The van der Waals surface area contributed by atoms with Crippen LogP contribution >= 0.6 is 0 Å². The minimum absolute atomic E-state index is 0.00788. The van der Waals surface area contributed by atoms with Crippen molar-refractivity contribution in [2.75, 3.05) is 20.8 Å². The van der Waals surface area contributed by atoms with Crippen molar-refractivity contribution in [2.45, 2.75) is 18.5 Å². The molecule has 94 valence electrons. The lowest BCUT2D eigenvalue weighted by Crippen LogP contribution is -2.33. The Morgan fingerprint density at radius 3 is 2.53 bits per heavy atom. The van der Waals surface area contributed by atoms with Gasteiger partial charge in [-0.1, -0.05) is 0 Å². The maximum atomic E-state index is 14.9. The molecular formula is C13H18FNO2. The average Bonchev–Trinajstić information content (AvgIpc) is 3.21. The number of hydrogen-bond acceptors (Lipinski definition) is 3. The Kier molecular flexibility index (Phi) is 3.24. The van der Waals surface area contributed by atoms with E-state index < -0.39 is 5.67 Å². The molecule has 1 aliphatic carbocycles. The molecule has 1 fully saturated rings. The third-order valence-electron chi connectivity index (χ3n) is 3.38. The first-order valence-electron chi connectivity index (χ1n) is 5.77. The van der Waals surface area contributed by atoms with Gasteiger partial charge in [-0.2, -0.15) is 0 Å². The molecule has 17 heavy (non-hydrogen) atoms.